The molecule has 0 bridgehead atoms. The molecule has 0 saturated carbocycles. The average molecular weight is 420 g/mol. The summed E-state index contributed by atoms with van der Waals surface area (Å²) >= 11 is 0. The van der Waals surface area contributed by atoms with Crippen molar-refractivity contribution in [1.82, 2.24) is 19.1 Å². The highest BCUT2D eigenvalue weighted by Crippen LogP contribution is 2.53. The summed E-state index contributed by atoms with van der Waals surface area (Å²) < 4.78 is 28.1. The third-order valence-electron chi connectivity index (χ3n) is 5.02. The number of hydrogen-bond acceptors (Lipinski definition) is 6. The Kier molecular flexibility index (Phi) is 7.44. The van der Waals surface area contributed by atoms with Crippen molar-refractivity contribution in [3.63, 3.8) is 0 Å². The van der Waals surface area contributed by atoms with Gasteiger partial charge in [-0.05, 0) is 34.9 Å². The van der Waals surface area contributed by atoms with Crippen LogP contribution in [0.5, 0.6) is 0 Å². The van der Waals surface area contributed by atoms with Gasteiger partial charge in [0.1, 0.15) is 0 Å². The van der Waals surface area contributed by atoms with Crippen LogP contribution in [0.1, 0.15) is 40.9 Å². The van der Waals surface area contributed by atoms with Gasteiger partial charge in [0, 0.05) is 38.0 Å². The zero-order valence-electron chi connectivity index (χ0n) is 17.8. The van der Waals surface area contributed by atoms with Crippen molar-refractivity contribution >= 4 is 7.52 Å². The maximum absolute atomic E-state index is 13.1. The Labute approximate surface area is 167 Å². The molecule has 0 aliphatic carbocycles. The van der Waals surface area contributed by atoms with E-state index < -0.39 is 25.0 Å². The maximum atomic E-state index is 13.1. The SMILES string of the molecule is Cc1cn([C@H]2CN(C(C)C)C[C@@H](COP(=O)(C(C)C)N(C)C)O2)c(=O)[nH]c1=O.[3HH]. The van der Waals surface area contributed by atoms with Crippen LogP contribution < -0.4 is 11.2 Å². The molecule has 3 atom stereocenters. The zero-order valence-corrected chi connectivity index (χ0v) is 18.7. The van der Waals surface area contributed by atoms with Crippen LogP contribution in [0.15, 0.2) is 15.8 Å². The second-order valence-electron chi connectivity index (χ2n) is 8.04. The van der Waals surface area contributed by atoms with Crippen LogP contribution in [-0.2, 0) is 13.8 Å². The summed E-state index contributed by atoms with van der Waals surface area (Å²) in [5, 5.41) is 0. The normalized spacial score (nSPS) is 23.5. The lowest BCUT2D eigenvalue weighted by atomic mass is 10.2. The van der Waals surface area contributed by atoms with Crippen LogP contribution in [0.2, 0.25) is 0 Å². The van der Waals surface area contributed by atoms with E-state index in [0.717, 1.165) is 0 Å². The number of nitrogens with one attached hydrogen (secondary N) is 1. The van der Waals surface area contributed by atoms with Crippen LogP contribution in [0.25, 0.3) is 0 Å². The van der Waals surface area contributed by atoms with E-state index in [9.17, 15) is 14.2 Å². The number of ether oxygens (including phenoxy) is 1. The highest BCUT2D eigenvalue weighted by atomic mass is 31.2. The second kappa shape index (κ2) is 9.05. The van der Waals surface area contributed by atoms with Crippen LogP contribution in [0.3, 0.4) is 0 Å². The lowest BCUT2D eigenvalue weighted by molar-refractivity contribution is -0.139. The van der Waals surface area contributed by atoms with Crippen molar-refractivity contribution < 1.29 is 15.3 Å². The molecule has 2 rings (SSSR count). The third-order valence-corrected chi connectivity index (χ3v) is 7.96. The predicted molar refractivity (Wildman–Crippen MR) is 111 cm³/mol. The van der Waals surface area contributed by atoms with Crippen molar-refractivity contribution in [3.8, 4) is 0 Å². The summed E-state index contributed by atoms with van der Waals surface area (Å²) in [4.78, 5) is 28.5. The fourth-order valence-corrected chi connectivity index (χ4v) is 5.06. The van der Waals surface area contributed by atoms with E-state index in [1.807, 2.05) is 13.8 Å². The molecule has 1 aromatic rings. The standard InChI is InChI=1S/C18H33N4O5P.H2/c1-12(2)21-9-15(11-26-28(25,13(3)4)20(6)7)27-16(10-21)22-8-14(5)17(23)19-18(22)24;/h8,12-13,15-16H,9-11H2,1-7H3,(H,19,23,24);1H/t15-,16+,28?;/m0./s1/i;1+2. The monoisotopic (exact) mass is 420 g/mol. The minimum atomic E-state index is -2.97. The van der Waals surface area contributed by atoms with Crippen molar-refractivity contribution in [2.45, 2.75) is 58.7 Å². The lowest BCUT2D eigenvalue weighted by Gasteiger charge is -2.41. The van der Waals surface area contributed by atoms with E-state index >= 15 is 0 Å². The summed E-state index contributed by atoms with van der Waals surface area (Å²) in [7, 11) is 0.519. The highest BCUT2D eigenvalue weighted by Gasteiger charge is 2.35. The highest BCUT2D eigenvalue weighted by molar-refractivity contribution is 7.57. The molecule has 1 aliphatic heterocycles. The number of H-pyrrole nitrogens is 1. The van der Waals surface area contributed by atoms with Gasteiger partial charge in [-0.25, -0.2) is 9.46 Å². The average Bonchev–Trinajstić information content (AvgIpc) is 2.61. The van der Waals surface area contributed by atoms with Crippen molar-refractivity contribution in [3.05, 3.63) is 32.6 Å². The first-order chi connectivity index (χ1) is 13.0. The van der Waals surface area contributed by atoms with Crippen molar-refractivity contribution in [2.24, 2.45) is 0 Å². The van der Waals surface area contributed by atoms with Gasteiger partial charge in [-0.2, -0.15) is 0 Å². The van der Waals surface area contributed by atoms with Gasteiger partial charge < -0.3 is 9.26 Å². The van der Waals surface area contributed by atoms with Gasteiger partial charge >= 0.3 is 5.69 Å². The van der Waals surface area contributed by atoms with Crippen LogP contribution in [0.4, 0.5) is 0 Å². The number of aryl methyl sites for hydroxylation is 1. The number of hydrogen-bond donors (Lipinski definition) is 1. The quantitative estimate of drug-likeness (QED) is 0.673. The molecule has 1 fully saturated rings. The van der Waals surface area contributed by atoms with E-state index in [4.69, 9.17) is 9.26 Å². The number of rotatable bonds is 7. The Morgan fingerprint density at radius 3 is 2.50 bits per heavy atom. The number of aromatic nitrogens is 2. The van der Waals surface area contributed by atoms with Crippen molar-refractivity contribution in [2.75, 3.05) is 33.8 Å². The summed E-state index contributed by atoms with van der Waals surface area (Å²) in [6.07, 6.45) is 0.602. The molecule has 0 aromatic carbocycles. The summed E-state index contributed by atoms with van der Waals surface area (Å²) in [6.45, 7) is 10.8. The van der Waals surface area contributed by atoms with Gasteiger partial charge in [-0.1, -0.05) is 13.8 Å². The molecule has 162 valence electrons. The third kappa shape index (κ3) is 5.02. The molecule has 1 saturated heterocycles. The van der Waals surface area contributed by atoms with Gasteiger partial charge in [-0.3, -0.25) is 23.8 Å². The summed E-state index contributed by atoms with van der Waals surface area (Å²) in [5.74, 6) is 0. The van der Waals surface area contributed by atoms with Gasteiger partial charge in [0.05, 0.1) is 12.7 Å². The lowest BCUT2D eigenvalue weighted by Crippen LogP contribution is -2.52. The molecule has 2 heterocycles. The van der Waals surface area contributed by atoms with E-state index in [1.165, 1.54) is 10.8 Å². The van der Waals surface area contributed by atoms with Gasteiger partial charge in [0.25, 0.3) is 13.1 Å². The van der Waals surface area contributed by atoms with E-state index in [2.05, 4.69) is 23.7 Å². The molecule has 10 heteroatoms. The molecule has 1 unspecified atom stereocenters. The molecule has 9 nitrogen and oxygen atoms in total. The molecule has 1 aromatic heterocycles. The minimum Gasteiger partial charge on any atom is -0.350 e. The molecular formula is C18H35N4O5P. The van der Waals surface area contributed by atoms with E-state index in [1.54, 1.807) is 25.7 Å². The fourth-order valence-electron chi connectivity index (χ4n) is 3.23. The Morgan fingerprint density at radius 2 is 1.96 bits per heavy atom. The first kappa shape index (κ1) is 23.0. The fraction of sp³-hybridized carbons (Fsp3) is 0.778. The van der Waals surface area contributed by atoms with Gasteiger partial charge in [0.15, 0.2) is 6.23 Å². The largest absolute Gasteiger partial charge is 0.350 e. The Balaban J connectivity index is 0.00000420. The second-order valence-corrected chi connectivity index (χ2v) is 11.3. The van der Waals surface area contributed by atoms with Crippen LogP contribution in [-0.4, -0.2) is 70.7 Å². The number of aromatic amines is 1. The minimum absolute atomic E-state index is 0. The predicted octanol–water partition coefficient (Wildman–Crippen LogP) is 1.88. The first-order valence-corrected chi connectivity index (χ1v) is 11.2. The molecule has 1 aliphatic rings. The molecule has 1 N–H and O–H groups in total. The Morgan fingerprint density at radius 1 is 1.32 bits per heavy atom. The first-order valence-electron chi connectivity index (χ1n) is 9.59. The van der Waals surface area contributed by atoms with Crippen LogP contribution in [0, 0.1) is 6.92 Å². The Hall–Kier alpha value is -1.25. The van der Waals surface area contributed by atoms with Gasteiger partial charge in [0.2, 0.25) is 0 Å². The smallest absolute Gasteiger partial charge is 0.330 e. The zero-order chi connectivity index (χ0) is 21.2. The van der Waals surface area contributed by atoms with Gasteiger partial charge in [-0.15, -0.1) is 0 Å². The summed E-state index contributed by atoms with van der Waals surface area (Å²) in [6, 6.07) is 0.235. The molecular weight excluding hydrogens is 383 g/mol. The van der Waals surface area contributed by atoms with Crippen molar-refractivity contribution in [1.29, 1.82) is 0 Å². The van der Waals surface area contributed by atoms with Crippen LogP contribution >= 0.6 is 7.52 Å². The molecule has 0 amide bonds. The number of nitrogens with zero attached hydrogens (tertiary/aromatic N) is 3. The molecule has 28 heavy (non-hydrogen) atoms. The summed E-state index contributed by atoms with van der Waals surface area (Å²) in [5.41, 5.74) is -0.615. The Bertz CT molecular complexity index is 826. The maximum Gasteiger partial charge on any atom is 0.330 e. The van der Waals surface area contributed by atoms with E-state index in [-0.39, 0.29) is 25.8 Å². The van der Waals surface area contributed by atoms with E-state index in [0.29, 0.717) is 18.7 Å². The topological polar surface area (TPSA) is 96.9 Å². The molecule has 0 radical (unpaired) electrons. The molecule has 0 spiro atoms. The number of morpholine rings is 1.